The van der Waals surface area contributed by atoms with E-state index < -0.39 is 0 Å². The van der Waals surface area contributed by atoms with Crippen LogP contribution < -0.4 is 10.6 Å². The predicted octanol–water partition coefficient (Wildman–Crippen LogP) is 1.60. The Labute approximate surface area is 128 Å². The van der Waals surface area contributed by atoms with E-state index in [4.69, 9.17) is 0 Å². The molecule has 1 amide bonds. The smallest absolute Gasteiger partial charge is 0.222 e. The highest BCUT2D eigenvalue weighted by Gasteiger charge is 2.43. The van der Waals surface area contributed by atoms with Gasteiger partial charge in [0, 0.05) is 32.1 Å². The van der Waals surface area contributed by atoms with E-state index in [-0.39, 0.29) is 11.8 Å². The van der Waals surface area contributed by atoms with Gasteiger partial charge in [-0.25, -0.2) is 0 Å². The van der Waals surface area contributed by atoms with Gasteiger partial charge in [-0.15, -0.1) is 0 Å². The molecule has 1 saturated heterocycles. The lowest BCUT2D eigenvalue weighted by Gasteiger charge is -2.38. The first-order valence-corrected chi connectivity index (χ1v) is 8.37. The molecule has 2 aliphatic rings. The van der Waals surface area contributed by atoms with Crippen molar-refractivity contribution in [2.75, 3.05) is 32.7 Å². The third-order valence-electron chi connectivity index (χ3n) is 4.68. The number of nitrogens with one attached hydrogen (secondary N) is 2. The van der Waals surface area contributed by atoms with Crippen molar-refractivity contribution >= 4 is 11.9 Å². The number of hydrogen-bond donors (Lipinski definition) is 2. The maximum absolute atomic E-state index is 11.5. The van der Waals surface area contributed by atoms with Crippen molar-refractivity contribution in [3.8, 4) is 0 Å². The third kappa shape index (κ3) is 4.11. The SMILES string of the molecule is CCNC(=NCCNC(=O)C(C)C)N1CCC2(CCC2)C1. The first-order chi connectivity index (χ1) is 10.1. The topological polar surface area (TPSA) is 56.7 Å². The monoisotopic (exact) mass is 294 g/mol. The van der Waals surface area contributed by atoms with E-state index in [0.717, 1.165) is 25.6 Å². The molecule has 0 bridgehead atoms. The summed E-state index contributed by atoms with van der Waals surface area (Å²) in [7, 11) is 0. The van der Waals surface area contributed by atoms with Crippen molar-refractivity contribution in [3.05, 3.63) is 0 Å². The van der Waals surface area contributed by atoms with Crippen LogP contribution >= 0.6 is 0 Å². The Bertz CT molecular complexity index is 388. The van der Waals surface area contributed by atoms with Gasteiger partial charge in [0.25, 0.3) is 0 Å². The molecule has 0 unspecified atom stereocenters. The molecule has 120 valence electrons. The Morgan fingerprint density at radius 1 is 1.29 bits per heavy atom. The van der Waals surface area contributed by atoms with Crippen LogP contribution in [0.5, 0.6) is 0 Å². The van der Waals surface area contributed by atoms with Crippen LogP contribution in [-0.4, -0.2) is 49.5 Å². The highest BCUT2D eigenvalue weighted by molar-refractivity contribution is 5.80. The zero-order valence-electron chi connectivity index (χ0n) is 13.7. The van der Waals surface area contributed by atoms with Crippen LogP contribution in [0.2, 0.25) is 0 Å². The van der Waals surface area contributed by atoms with Crippen LogP contribution in [0.4, 0.5) is 0 Å². The van der Waals surface area contributed by atoms with E-state index >= 15 is 0 Å². The number of carbonyl (C=O) groups is 1. The minimum Gasteiger partial charge on any atom is -0.357 e. The molecule has 0 radical (unpaired) electrons. The molecule has 1 aliphatic heterocycles. The van der Waals surface area contributed by atoms with Gasteiger partial charge in [0.05, 0.1) is 6.54 Å². The van der Waals surface area contributed by atoms with Crippen LogP contribution in [0.1, 0.15) is 46.5 Å². The molecular formula is C16H30N4O. The second kappa shape index (κ2) is 7.14. The summed E-state index contributed by atoms with van der Waals surface area (Å²) >= 11 is 0. The lowest BCUT2D eigenvalue weighted by molar-refractivity contribution is -0.123. The molecule has 5 nitrogen and oxygen atoms in total. The van der Waals surface area contributed by atoms with Crippen molar-refractivity contribution in [1.29, 1.82) is 0 Å². The Hall–Kier alpha value is -1.26. The number of amides is 1. The highest BCUT2D eigenvalue weighted by Crippen LogP contribution is 2.47. The lowest BCUT2D eigenvalue weighted by atomic mass is 9.68. The van der Waals surface area contributed by atoms with Gasteiger partial charge in [-0.1, -0.05) is 20.3 Å². The molecule has 5 heteroatoms. The molecule has 2 fully saturated rings. The molecule has 1 heterocycles. The molecule has 0 aromatic rings. The number of nitrogens with zero attached hydrogens (tertiary/aromatic N) is 2. The largest absolute Gasteiger partial charge is 0.357 e. The zero-order chi connectivity index (χ0) is 15.3. The van der Waals surface area contributed by atoms with Gasteiger partial charge < -0.3 is 15.5 Å². The van der Waals surface area contributed by atoms with E-state index in [1.165, 1.54) is 25.7 Å². The second-order valence-electron chi connectivity index (χ2n) is 6.71. The van der Waals surface area contributed by atoms with E-state index in [1.807, 2.05) is 13.8 Å². The summed E-state index contributed by atoms with van der Waals surface area (Å²) in [6.45, 7) is 10.3. The van der Waals surface area contributed by atoms with Gasteiger partial charge in [-0.05, 0) is 31.6 Å². The standard InChI is InChI=1S/C16H30N4O/c1-4-17-15(19-10-9-18-14(21)13(2)3)20-11-8-16(12-20)6-5-7-16/h13H,4-12H2,1-3H3,(H,17,19)(H,18,21). The Morgan fingerprint density at radius 2 is 2.05 bits per heavy atom. The fourth-order valence-electron chi connectivity index (χ4n) is 3.17. The molecular weight excluding hydrogens is 264 g/mol. The van der Waals surface area contributed by atoms with Crippen LogP contribution in [-0.2, 0) is 4.79 Å². The average molecular weight is 294 g/mol. The summed E-state index contributed by atoms with van der Waals surface area (Å²) in [5, 5.41) is 6.30. The van der Waals surface area contributed by atoms with Gasteiger partial charge >= 0.3 is 0 Å². The van der Waals surface area contributed by atoms with E-state index in [1.54, 1.807) is 0 Å². The summed E-state index contributed by atoms with van der Waals surface area (Å²) in [6.07, 6.45) is 5.46. The fourth-order valence-corrected chi connectivity index (χ4v) is 3.17. The summed E-state index contributed by atoms with van der Waals surface area (Å²) in [6, 6.07) is 0. The number of hydrogen-bond acceptors (Lipinski definition) is 2. The van der Waals surface area contributed by atoms with Crippen molar-refractivity contribution in [3.63, 3.8) is 0 Å². The van der Waals surface area contributed by atoms with Crippen molar-refractivity contribution in [1.82, 2.24) is 15.5 Å². The van der Waals surface area contributed by atoms with Crippen molar-refractivity contribution in [2.24, 2.45) is 16.3 Å². The molecule has 2 N–H and O–H groups in total. The minimum absolute atomic E-state index is 0.0410. The molecule has 1 aliphatic carbocycles. The van der Waals surface area contributed by atoms with Crippen molar-refractivity contribution < 1.29 is 4.79 Å². The summed E-state index contributed by atoms with van der Waals surface area (Å²) in [5.41, 5.74) is 0.585. The first kappa shape index (κ1) is 16.1. The van der Waals surface area contributed by atoms with Crippen LogP contribution in [0.15, 0.2) is 4.99 Å². The molecule has 0 aromatic carbocycles. The Kier molecular flexibility index (Phi) is 5.48. The predicted molar refractivity (Wildman–Crippen MR) is 86.3 cm³/mol. The van der Waals surface area contributed by atoms with E-state index in [0.29, 0.717) is 18.5 Å². The van der Waals surface area contributed by atoms with Crippen molar-refractivity contribution in [2.45, 2.75) is 46.5 Å². The van der Waals surface area contributed by atoms with Crippen LogP contribution in [0, 0.1) is 11.3 Å². The maximum Gasteiger partial charge on any atom is 0.222 e. The van der Waals surface area contributed by atoms with Gasteiger partial charge in [0.1, 0.15) is 0 Å². The summed E-state index contributed by atoms with van der Waals surface area (Å²) in [5.74, 6) is 1.16. The van der Waals surface area contributed by atoms with Gasteiger partial charge in [-0.2, -0.15) is 0 Å². The number of aliphatic imine (C=N–C) groups is 1. The Morgan fingerprint density at radius 3 is 2.57 bits per heavy atom. The number of guanidine groups is 1. The first-order valence-electron chi connectivity index (χ1n) is 8.37. The summed E-state index contributed by atoms with van der Waals surface area (Å²) in [4.78, 5) is 18.6. The number of carbonyl (C=O) groups excluding carboxylic acids is 1. The van der Waals surface area contributed by atoms with E-state index in [2.05, 4.69) is 27.4 Å². The molecule has 0 aromatic heterocycles. The molecule has 2 rings (SSSR count). The van der Waals surface area contributed by atoms with Gasteiger partial charge in [0.15, 0.2) is 5.96 Å². The van der Waals surface area contributed by atoms with Crippen LogP contribution in [0.3, 0.4) is 0 Å². The minimum atomic E-state index is 0.0410. The second-order valence-corrected chi connectivity index (χ2v) is 6.71. The van der Waals surface area contributed by atoms with Crippen LogP contribution in [0.25, 0.3) is 0 Å². The van der Waals surface area contributed by atoms with E-state index in [9.17, 15) is 4.79 Å². The quantitative estimate of drug-likeness (QED) is 0.460. The molecule has 1 saturated carbocycles. The highest BCUT2D eigenvalue weighted by atomic mass is 16.1. The Balaban J connectivity index is 1.81. The fraction of sp³-hybridized carbons (Fsp3) is 0.875. The van der Waals surface area contributed by atoms with Gasteiger partial charge in [0.2, 0.25) is 5.91 Å². The average Bonchev–Trinajstić information content (AvgIpc) is 2.87. The number of rotatable bonds is 5. The number of likely N-dealkylation sites (tertiary alicyclic amines) is 1. The normalized spacial score (nSPS) is 20.8. The summed E-state index contributed by atoms with van der Waals surface area (Å²) < 4.78 is 0. The third-order valence-corrected chi connectivity index (χ3v) is 4.68. The molecule has 1 spiro atoms. The zero-order valence-corrected chi connectivity index (χ0v) is 13.7. The lowest BCUT2D eigenvalue weighted by Crippen LogP contribution is -2.43. The maximum atomic E-state index is 11.5. The van der Waals surface area contributed by atoms with Gasteiger partial charge in [-0.3, -0.25) is 9.79 Å². The molecule has 21 heavy (non-hydrogen) atoms. The molecule has 0 atom stereocenters.